The van der Waals surface area contributed by atoms with Crippen LogP contribution >= 0.6 is 11.3 Å². The molecule has 0 saturated carbocycles. The second-order valence-electron chi connectivity index (χ2n) is 6.01. The predicted molar refractivity (Wildman–Crippen MR) is 102 cm³/mol. The Labute approximate surface area is 159 Å². The quantitative estimate of drug-likeness (QED) is 0.631. The van der Waals surface area contributed by atoms with Gasteiger partial charge in [-0.2, -0.15) is 8.78 Å². The highest BCUT2D eigenvalue weighted by Gasteiger charge is 2.14. The summed E-state index contributed by atoms with van der Waals surface area (Å²) in [7, 11) is 0. The highest BCUT2D eigenvalue weighted by Crippen LogP contribution is 2.29. The van der Waals surface area contributed by atoms with Crippen molar-refractivity contribution >= 4 is 22.9 Å². The Bertz CT molecular complexity index is 922. The molecule has 0 atom stereocenters. The van der Waals surface area contributed by atoms with Crippen LogP contribution in [0.4, 0.5) is 14.5 Å². The van der Waals surface area contributed by atoms with E-state index in [9.17, 15) is 13.6 Å². The number of aromatic nitrogens is 1. The van der Waals surface area contributed by atoms with Gasteiger partial charge in [0.25, 0.3) is 0 Å². The molecule has 0 spiro atoms. The van der Waals surface area contributed by atoms with Crippen LogP contribution in [-0.2, 0) is 11.2 Å². The molecule has 0 radical (unpaired) electrons. The van der Waals surface area contributed by atoms with E-state index < -0.39 is 6.61 Å². The molecule has 3 aromatic rings. The van der Waals surface area contributed by atoms with Gasteiger partial charge in [-0.15, -0.1) is 11.3 Å². The first-order valence-corrected chi connectivity index (χ1v) is 9.10. The topological polar surface area (TPSA) is 51.2 Å². The Morgan fingerprint density at radius 2 is 1.78 bits per heavy atom. The second kappa shape index (κ2) is 8.26. The zero-order valence-corrected chi connectivity index (χ0v) is 15.6. The van der Waals surface area contributed by atoms with Gasteiger partial charge in [0.2, 0.25) is 5.91 Å². The van der Waals surface area contributed by atoms with Crippen molar-refractivity contribution in [3.63, 3.8) is 0 Å². The van der Waals surface area contributed by atoms with Crippen LogP contribution in [0.15, 0.2) is 48.5 Å². The van der Waals surface area contributed by atoms with Gasteiger partial charge >= 0.3 is 6.61 Å². The van der Waals surface area contributed by atoms with E-state index in [1.807, 2.05) is 38.1 Å². The summed E-state index contributed by atoms with van der Waals surface area (Å²) in [6.07, 6.45) is 0.173. The van der Waals surface area contributed by atoms with E-state index >= 15 is 0 Å². The third-order valence-electron chi connectivity index (χ3n) is 3.84. The standard InChI is InChI=1S/C20H18F2N2O2S/c1-12-3-7-15(8-4-12)23-17(25)11-18-24-19(13(2)27-18)14-5-9-16(10-6-14)26-20(21)22/h3-10,20H,11H2,1-2H3,(H,23,25). The molecular formula is C20H18F2N2O2S. The van der Waals surface area contributed by atoms with Gasteiger partial charge in [-0.1, -0.05) is 17.7 Å². The largest absolute Gasteiger partial charge is 0.435 e. The van der Waals surface area contributed by atoms with E-state index in [1.54, 1.807) is 12.1 Å². The predicted octanol–water partition coefficient (Wildman–Crippen LogP) is 5.21. The smallest absolute Gasteiger partial charge is 0.387 e. The highest BCUT2D eigenvalue weighted by molar-refractivity contribution is 7.12. The number of hydrogen-bond acceptors (Lipinski definition) is 4. The van der Waals surface area contributed by atoms with Crippen molar-refractivity contribution in [3.8, 4) is 17.0 Å². The van der Waals surface area contributed by atoms with Crippen molar-refractivity contribution in [2.45, 2.75) is 26.9 Å². The van der Waals surface area contributed by atoms with Crippen molar-refractivity contribution in [1.82, 2.24) is 4.98 Å². The second-order valence-corrected chi connectivity index (χ2v) is 7.29. The number of carbonyl (C=O) groups is 1. The number of halogens is 2. The summed E-state index contributed by atoms with van der Waals surface area (Å²) in [4.78, 5) is 17.7. The molecular weight excluding hydrogens is 370 g/mol. The minimum absolute atomic E-state index is 0.0966. The van der Waals surface area contributed by atoms with E-state index in [0.717, 1.165) is 27.4 Å². The molecule has 0 aliphatic carbocycles. The monoisotopic (exact) mass is 388 g/mol. The van der Waals surface area contributed by atoms with E-state index in [1.165, 1.54) is 23.5 Å². The van der Waals surface area contributed by atoms with Gasteiger partial charge in [0.15, 0.2) is 0 Å². The summed E-state index contributed by atoms with van der Waals surface area (Å²) < 4.78 is 28.8. The summed E-state index contributed by atoms with van der Waals surface area (Å²) in [6.45, 7) is 1.05. The lowest BCUT2D eigenvalue weighted by Gasteiger charge is -2.05. The number of aryl methyl sites for hydroxylation is 2. The van der Waals surface area contributed by atoms with Crippen molar-refractivity contribution in [1.29, 1.82) is 0 Å². The first kappa shape index (κ1) is 19.0. The van der Waals surface area contributed by atoms with Crippen molar-refractivity contribution in [3.05, 3.63) is 64.0 Å². The molecule has 2 aromatic carbocycles. The average molecular weight is 388 g/mol. The number of nitrogens with one attached hydrogen (secondary N) is 1. The molecule has 0 aliphatic heterocycles. The number of thiazole rings is 1. The number of rotatable bonds is 6. The molecule has 0 saturated heterocycles. The third-order valence-corrected chi connectivity index (χ3v) is 4.81. The van der Waals surface area contributed by atoms with Crippen LogP contribution in [0.25, 0.3) is 11.3 Å². The summed E-state index contributed by atoms with van der Waals surface area (Å²) >= 11 is 1.44. The molecule has 3 rings (SSSR count). The lowest BCUT2D eigenvalue weighted by Crippen LogP contribution is -2.14. The lowest BCUT2D eigenvalue weighted by atomic mass is 10.1. The number of amides is 1. The van der Waals surface area contributed by atoms with Gasteiger partial charge in [0, 0.05) is 16.1 Å². The Morgan fingerprint density at radius 1 is 1.11 bits per heavy atom. The number of carbonyl (C=O) groups excluding carboxylic acids is 1. The number of anilines is 1. The van der Waals surface area contributed by atoms with Crippen LogP contribution in [0.1, 0.15) is 15.4 Å². The Balaban J connectivity index is 1.68. The van der Waals surface area contributed by atoms with Crippen LogP contribution in [0.2, 0.25) is 0 Å². The van der Waals surface area contributed by atoms with Crippen molar-refractivity contribution in [2.75, 3.05) is 5.32 Å². The highest BCUT2D eigenvalue weighted by atomic mass is 32.1. The minimum Gasteiger partial charge on any atom is -0.435 e. The Kier molecular flexibility index (Phi) is 5.81. The number of benzene rings is 2. The van der Waals surface area contributed by atoms with Crippen LogP contribution in [-0.4, -0.2) is 17.5 Å². The van der Waals surface area contributed by atoms with E-state index in [0.29, 0.717) is 5.01 Å². The lowest BCUT2D eigenvalue weighted by molar-refractivity contribution is -0.115. The number of nitrogens with zero attached hydrogens (tertiary/aromatic N) is 1. The van der Waals surface area contributed by atoms with Crippen LogP contribution < -0.4 is 10.1 Å². The van der Waals surface area contributed by atoms with Gasteiger partial charge in [0.05, 0.1) is 12.1 Å². The van der Waals surface area contributed by atoms with Gasteiger partial charge in [-0.3, -0.25) is 4.79 Å². The molecule has 0 unspecified atom stereocenters. The average Bonchev–Trinajstić information content (AvgIpc) is 2.97. The molecule has 27 heavy (non-hydrogen) atoms. The molecule has 0 bridgehead atoms. The molecule has 1 heterocycles. The van der Waals surface area contributed by atoms with Crippen molar-refractivity contribution in [2.24, 2.45) is 0 Å². The molecule has 140 valence electrons. The summed E-state index contributed by atoms with van der Waals surface area (Å²) in [5, 5.41) is 3.55. The van der Waals surface area contributed by atoms with Crippen LogP contribution in [0, 0.1) is 13.8 Å². The first-order chi connectivity index (χ1) is 12.9. The van der Waals surface area contributed by atoms with Crippen molar-refractivity contribution < 1.29 is 18.3 Å². The molecule has 1 N–H and O–H groups in total. The fourth-order valence-electron chi connectivity index (χ4n) is 2.57. The number of hydrogen-bond donors (Lipinski definition) is 1. The Hall–Kier alpha value is -2.80. The number of alkyl halides is 2. The number of ether oxygens (including phenoxy) is 1. The fourth-order valence-corrected chi connectivity index (χ4v) is 3.52. The van der Waals surface area contributed by atoms with Crippen LogP contribution in [0.5, 0.6) is 5.75 Å². The van der Waals surface area contributed by atoms with Gasteiger partial charge in [-0.05, 0) is 50.2 Å². The minimum atomic E-state index is -2.85. The third kappa shape index (κ3) is 5.10. The van der Waals surface area contributed by atoms with E-state index in [-0.39, 0.29) is 18.1 Å². The molecule has 0 aliphatic rings. The van der Waals surface area contributed by atoms with E-state index in [4.69, 9.17) is 0 Å². The SMILES string of the molecule is Cc1ccc(NC(=O)Cc2nc(-c3ccc(OC(F)F)cc3)c(C)s2)cc1. The molecule has 0 fully saturated rings. The maximum atomic E-state index is 12.2. The maximum Gasteiger partial charge on any atom is 0.387 e. The van der Waals surface area contributed by atoms with Gasteiger partial charge < -0.3 is 10.1 Å². The zero-order valence-electron chi connectivity index (χ0n) is 14.8. The summed E-state index contributed by atoms with van der Waals surface area (Å²) in [5.74, 6) is -0.0424. The van der Waals surface area contributed by atoms with Gasteiger partial charge in [-0.25, -0.2) is 4.98 Å². The molecule has 1 amide bonds. The molecule has 1 aromatic heterocycles. The molecule has 7 heteroatoms. The fraction of sp³-hybridized carbons (Fsp3) is 0.200. The normalized spacial score (nSPS) is 10.9. The van der Waals surface area contributed by atoms with E-state index in [2.05, 4.69) is 15.0 Å². The van der Waals surface area contributed by atoms with Crippen LogP contribution in [0.3, 0.4) is 0 Å². The Morgan fingerprint density at radius 3 is 2.41 bits per heavy atom. The molecule has 4 nitrogen and oxygen atoms in total. The summed E-state index contributed by atoms with van der Waals surface area (Å²) in [6, 6.07) is 13.9. The summed E-state index contributed by atoms with van der Waals surface area (Å²) in [5.41, 5.74) is 3.39. The maximum absolute atomic E-state index is 12.2. The zero-order chi connectivity index (χ0) is 19.4. The van der Waals surface area contributed by atoms with Gasteiger partial charge in [0.1, 0.15) is 10.8 Å². The first-order valence-electron chi connectivity index (χ1n) is 8.29.